The van der Waals surface area contributed by atoms with Crippen molar-refractivity contribution in [2.45, 2.75) is 46.5 Å². The van der Waals surface area contributed by atoms with Gasteiger partial charge in [0, 0.05) is 36.4 Å². The highest BCUT2D eigenvalue weighted by atomic mass is 16.5. The van der Waals surface area contributed by atoms with E-state index in [0.29, 0.717) is 6.61 Å². The monoisotopic (exact) mass is 366 g/mol. The number of imide groups is 1. The lowest BCUT2D eigenvalue weighted by molar-refractivity contribution is -0.128. The van der Waals surface area contributed by atoms with Gasteiger partial charge in [-0.2, -0.15) is 0 Å². The first kappa shape index (κ1) is 19.1. The molecule has 1 aliphatic heterocycles. The van der Waals surface area contributed by atoms with E-state index in [4.69, 9.17) is 4.74 Å². The molecule has 5 heteroatoms. The Balaban J connectivity index is 1.60. The van der Waals surface area contributed by atoms with Crippen LogP contribution in [-0.4, -0.2) is 23.4 Å². The normalized spacial score (nSPS) is 20.4. The second kappa shape index (κ2) is 7.51. The number of hydrogen-bond acceptors (Lipinski definition) is 4. The Bertz CT molecular complexity index is 840. The first-order valence-electron chi connectivity index (χ1n) is 9.29. The van der Waals surface area contributed by atoms with Gasteiger partial charge in [0.25, 0.3) is 0 Å². The number of ether oxygens (including phenoxy) is 1. The number of rotatable bonds is 6. The maximum atomic E-state index is 12.2. The van der Waals surface area contributed by atoms with Crippen LogP contribution in [-0.2, 0) is 16.0 Å². The summed E-state index contributed by atoms with van der Waals surface area (Å²) in [7, 11) is 0. The minimum atomic E-state index is -0.682. The Kier molecular flexibility index (Phi) is 5.31. The maximum Gasteiger partial charge on any atom is 0.233 e. The number of nitrogens with one attached hydrogen (secondary N) is 1. The molecule has 0 aliphatic carbocycles. The zero-order chi connectivity index (χ0) is 19.6. The molecular weight excluding hydrogens is 340 g/mol. The molecule has 1 fully saturated rings. The second-order valence-corrected chi connectivity index (χ2v) is 7.62. The molecule has 1 N–H and O–H groups in total. The average molecular weight is 366 g/mol. The van der Waals surface area contributed by atoms with E-state index in [1.807, 2.05) is 52.0 Å². The highest BCUT2D eigenvalue weighted by Gasteiger charge is 2.46. The SMILES string of the molecule is Cc1cc(OCCc2ccc([C@@H](C)[C@]3(C)CC(=O)NC3=O)cc2)cc(C)n1. The molecule has 0 bridgehead atoms. The lowest BCUT2D eigenvalue weighted by atomic mass is 9.73. The Morgan fingerprint density at radius 2 is 1.78 bits per heavy atom. The molecule has 142 valence electrons. The minimum Gasteiger partial charge on any atom is -0.493 e. The van der Waals surface area contributed by atoms with Crippen LogP contribution in [0.25, 0.3) is 0 Å². The standard InChI is InChI=1S/C22H26N2O3/c1-14-11-19(12-15(2)23-14)27-10-9-17-5-7-18(8-6-17)16(3)22(4)13-20(25)24-21(22)26/h5-8,11-12,16H,9-10,13H2,1-4H3,(H,24,25,26)/t16-,22+/m1/s1. The van der Waals surface area contributed by atoms with Gasteiger partial charge in [-0.05, 0) is 37.8 Å². The smallest absolute Gasteiger partial charge is 0.233 e. The number of hydrogen-bond donors (Lipinski definition) is 1. The second-order valence-electron chi connectivity index (χ2n) is 7.62. The van der Waals surface area contributed by atoms with Gasteiger partial charge < -0.3 is 4.74 Å². The van der Waals surface area contributed by atoms with Crippen LogP contribution in [0.4, 0.5) is 0 Å². The van der Waals surface area contributed by atoms with Crippen molar-refractivity contribution in [1.82, 2.24) is 10.3 Å². The first-order valence-corrected chi connectivity index (χ1v) is 9.29. The summed E-state index contributed by atoms with van der Waals surface area (Å²) in [5.74, 6) is 0.442. The molecule has 0 unspecified atom stereocenters. The molecule has 1 aromatic heterocycles. The van der Waals surface area contributed by atoms with Crippen molar-refractivity contribution in [3.63, 3.8) is 0 Å². The molecule has 0 spiro atoms. The van der Waals surface area contributed by atoms with Gasteiger partial charge in [0.15, 0.2) is 0 Å². The fourth-order valence-corrected chi connectivity index (χ4v) is 3.58. The molecule has 0 radical (unpaired) electrons. The van der Waals surface area contributed by atoms with Crippen LogP contribution >= 0.6 is 0 Å². The molecule has 5 nitrogen and oxygen atoms in total. The van der Waals surface area contributed by atoms with E-state index in [2.05, 4.69) is 22.4 Å². The van der Waals surface area contributed by atoms with Crippen LogP contribution in [0.5, 0.6) is 5.75 Å². The predicted octanol–water partition coefficient (Wildman–Crippen LogP) is 3.48. The van der Waals surface area contributed by atoms with Gasteiger partial charge in [0.05, 0.1) is 12.0 Å². The zero-order valence-corrected chi connectivity index (χ0v) is 16.3. The third kappa shape index (κ3) is 4.18. The van der Waals surface area contributed by atoms with Gasteiger partial charge in [-0.15, -0.1) is 0 Å². The fourth-order valence-electron chi connectivity index (χ4n) is 3.58. The maximum absolute atomic E-state index is 12.2. The zero-order valence-electron chi connectivity index (χ0n) is 16.3. The Hall–Kier alpha value is -2.69. The van der Waals surface area contributed by atoms with Crippen molar-refractivity contribution in [3.05, 3.63) is 58.9 Å². The largest absolute Gasteiger partial charge is 0.493 e. The summed E-state index contributed by atoms with van der Waals surface area (Å²) >= 11 is 0. The van der Waals surface area contributed by atoms with E-state index in [1.165, 1.54) is 5.56 Å². The highest BCUT2D eigenvalue weighted by Crippen LogP contribution is 2.41. The number of amides is 2. The third-order valence-electron chi connectivity index (χ3n) is 5.45. The number of carbonyl (C=O) groups is 2. The summed E-state index contributed by atoms with van der Waals surface area (Å²) < 4.78 is 5.84. The van der Waals surface area contributed by atoms with Crippen LogP contribution < -0.4 is 10.1 Å². The Labute approximate surface area is 160 Å². The van der Waals surface area contributed by atoms with Crippen molar-refractivity contribution in [2.24, 2.45) is 5.41 Å². The van der Waals surface area contributed by atoms with Gasteiger partial charge in [-0.25, -0.2) is 0 Å². The van der Waals surface area contributed by atoms with Crippen LogP contribution in [0, 0.1) is 19.3 Å². The predicted molar refractivity (Wildman–Crippen MR) is 104 cm³/mol. The summed E-state index contributed by atoms with van der Waals surface area (Å²) in [6.45, 7) is 8.37. The Morgan fingerprint density at radius 1 is 1.15 bits per heavy atom. The summed E-state index contributed by atoms with van der Waals surface area (Å²) in [4.78, 5) is 28.1. The summed E-state index contributed by atoms with van der Waals surface area (Å²) in [5, 5.41) is 2.42. The van der Waals surface area contributed by atoms with Gasteiger partial charge in [-0.3, -0.25) is 19.9 Å². The van der Waals surface area contributed by atoms with Crippen LogP contribution in [0.2, 0.25) is 0 Å². The van der Waals surface area contributed by atoms with Crippen molar-refractivity contribution in [2.75, 3.05) is 6.61 Å². The van der Waals surface area contributed by atoms with Gasteiger partial charge in [-0.1, -0.05) is 31.2 Å². The van der Waals surface area contributed by atoms with E-state index < -0.39 is 5.41 Å². The molecule has 1 aliphatic rings. The number of nitrogens with zero attached hydrogens (tertiary/aromatic N) is 1. The molecule has 2 heterocycles. The molecule has 1 aromatic carbocycles. The quantitative estimate of drug-likeness (QED) is 0.795. The average Bonchev–Trinajstić information content (AvgIpc) is 2.87. The Morgan fingerprint density at radius 3 is 2.33 bits per heavy atom. The highest BCUT2D eigenvalue weighted by molar-refractivity contribution is 6.06. The molecule has 2 aromatic rings. The van der Waals surface area contributed by atoms with Crippen LogP contribution in [0.1, 0.15) is 48.7 Å². The lowest BCUT2D eigenvalue weighted by Crippen LogP contribution is -2.33. The van der Waals surface area contributed by atoms with Crippen molar-refractivity contribution in [3.8, 4) is 5.75 Å². The van der Waals surface area contributed by atoms with Crippen molar-refractivity contribution >= 4 is 11.8 Å². The van der Waals surface area contributed by atoms with E-state index >= 15 is 0 Å². The van der Waals surface area contributed by atoms with Gasteiger partial charge in [0.1, 0.15) is 5.75 Å². The number of aryl methyl sites for hydroxylation is 2. The van der Waals surface area contributed by atoms with Gasteiger partial charge in [0.2, 0.25) is 11.8 Å². The molecular formula is C22H26N2O3. The molecule has 1 saturated heterocycles. The van der Waals surface area contributed by atoms with E-state index in [1.54, 1.807) is 0 Å². The van der Waals surface area contributed by atoms with Crippen molar-refractivity contribution in [1.29, 1.82) is 0 Å². The van der Waals surface area contributed by atoms with Crippen molar-refractivity contribution < 1.29 is 14.3 Å². The third-order valence-corrected chi connectivity index (χ3v) is 5.45. The first-order chi connectivity index (χ1) is 12.8. The molecule has 0 saturated carbocycles. The number of carbonyl (C=O) groups excluding carboxylic acids is 2. The molecule has 27 heavy (non-hydrogen) atoms. The van der Waals surface area contributed by atoms with Crippen LogP contribution in [0.15, 0.2) is 36.4 Å². The molecule has 2 amide bonds. The molecule has 3 rings (SSSR count). The summed E-state index contributed by atoms with van der Waals surface area (Å²) in [6.07, 6.45) is 1.04. The minimum absolute atomic E-state index is 0.0305. The lowest BCUT2D eigenvalue weighted by Gasteiger charge is -2.28. The summed E-state index contributed by atoms with van der Waals surface area (Å²) in [6, 6.07) is 12.1. The number of aromatic nitrogens is 1. The van der Waals surface area contributed by atoms with E-state index in [-0.39, 0.29) is 24.2 Å². The number of benzene rings is 1. The summed E-state index contributed by atoms with van der Waals surface area (Å²) in [5.41, 5.74) is 3.45. The topological polar surface area (TPSA) is 68.3 Å². The van der Waals surface area contributed by atoms with Crippen LogP contribution in [0.3, 0.4) is 0 Å². The van der Waals surface area contributed by atoms with E-state index in [9.17, 15) is 9.59 Å². The molecule has 2 atom stereocenters. The number of pyridine rings is 1. The fraction of sp³-hybridized carbons (Fsp3) is 0.409. The van der Waals surface area contributed by atoms with E-state index in [0.717, 1.165) is 29.1 Å². The van der Waals surface area contributed by atoms with Gasteiger partial charge >= 0.3 is 0 Å².